The van der Waals surface area contributed by atoms with Crippen LogP contribution in [0.4, 0.5) is 10.2 Å². The molecular weight excluding hydrogens is 547 g/mol. The molecule has 2 aliphatic rings. The number of carbonyl (C=O) groups excluding carboxylic acids is 1. The van der Waals surface area contributed by atoms with Gasteiger partial charge >= 0.3 is 6.01 Å². The predicted octanol–water partition coefficient (Wildman–Crippen LogP) is 4.62. The second kappa shape index (κ2) is 12.6. The van der Waals surface area contributed by atoms with Crippen LogP contribution in [0.25, 0.3) is 32.9 Å². The highest BCUT2D eigenvalue weighted by molar-refractivity contribution is 6.00. The summed E-state index contributed by atoms with van der Waals surface area (Å²) in [5.41, 5.74) is 2.19. The first-order valence-electron chi connectivity index (χ1n) is 14.8. The summed E-state index contributed by atoms with van der Waals surface area (Å²) in [5.74, 6) is 0.00219. The third kappa shape index (κ3) is 5.89. The Morgan fingerprint density at radius 2 is 1.88 bits per heavy atom. The zero-order valence-corrected chi connectivity index (χ0v) is 24.9. The van der Waals surface area contributed by atoms with Crippen LogP contribution in [-0.2, 0) is 9.53 Å². The maximum atomic E-state index is 16.6. The largest absolute Gasteiger partial charge is 0.462 e. The highest BCUT2D eigenvalue weighted by atomic mass is 19.1. The minimum absolute atomic E-state index is 0.0586. The normalized spacial score (nSPS) is 17.9. The maximum Gasteiger partial charge on any atom is 0.319 e. The fourth-order valence-corrected chi connectivity index (χ4v) is 6.09. The number of methoxy groups -OCH3 is 1. The van der Waals surface area contributed by atoms with E-state index in [0.717, 1.165) is 41.3 Å². The number of likely N-dealkylation sites (N-methyl/N-ethyl adjacent to an activating group) is 1. The lowest BCUT2D eigenvalue weighted by Crippen LogP contribution is -2.48. The standard InChI is InChI=1S/C33H37FN6O3/c1-22-8-4-9-23-10-5-12-25(28(22)23)30-29(34)31-26(20-35-30)32(37-33(36-31)43-21-24-11-6-14-38(24)2)40-17-15-39(16-18-40)27(41)13-7-19-42-3/h4-5,7-10,12-13,20,24H,6,11,14-19,21H2,1-3H3/b13-7+/t24-/m0/s1. The van der Waals surface area contributed by atoms with Crippen LogP contribution in [-0.4, -0.2) is 96.8 Å². The Bertz CT molecular complexity index is 1660. The van der Waals surface area contributed by atoms with E-state index in [1.165, 1.54) is 0 Å². The number of ether oxygens (including phenoxy) is 2. The number of anilines is 1. The number of fused-ring (bicyclic) bond motifs is 2. The molecule has 10 heteroatoms. The molecule has 1 amide bonds. The number of nitrogens with zero attached hydrogens (tertiary/aromatic N) is 6. The summed E-state index contributed by atoms with van der Waals surface area (Å²) in [6.45, 7) is 5.95. The molecule has 4 heterocycles. The Labute approximate surface area is 250 Å². The van der Waals surface area contributed by atoms with Crippen molar-refractivity contribution in [1.29, 1.82) is 0 Å². The lowest BCUT2D eigenvalue weighted by molar-refractivity contribution is -0.126. The molecule has 1 atom stereocenters. The van der Waals surface area contributed by atoms with Gasteiger partial charge in [-0.1, -0.05) is 42.5 Å². The van der Waals surface area contributed by atoms with E-state index in [1.807, 2.05) is 43.3 Å². The summed E-state index contributed by atoms with van der Waals surface area (Å²) in [6, 6.07) is 12.3. The van der Waals surface area contributed by atoms with Crippen LogP contribution in [0.5, 0.6) is 6.01 Å². The van der Waals surface area contributed by atoms with Gasteiger partial charge in [-0.3, -0.25) is 9.78 Å². The molecule has 43 heavy (non-hydrogen) atoms. The Hall–Kier alpha value is -4.15. The summed E-state index contributed by atoms with van der Waals surface area (Å²) >= 11 is 0. The van der Waals surface area contributed by atoms with E-state index in [9.17, 15) is 4.79 Å². The average Bonchev–Trinajstić information content (AvgIpc) is 3.44. The maximum absolute atomic E-state index is 16.6. The first kappa shape index (κ1) is 28.9. The number of hydrogen-bond donors (Lipinski definition) is 0. The van der Waals surface area contributed by atoms with Gasteiger partial charge in [-0.25, -0.2) is 4.39 Å². The minimum atomic E-state index is -0.503. The topological polar surface area (TPSA) is 83.9 Å². The number of halogens is 1. The molecule has 2 aromatic heterocycles. The summed E-state index contributed by atoms with van der Waals surface area (Å²) in [5, 5.41) is 2.51. The van der Waals surface area contributed by atoms with Gasteiger partial charge in [-0.05, 0) is 49.7 Å². The van der Waals surface area contributed by atoms with E-state index in [4.69, 9.17) is 14.5 Å². The molecule has 0 saturated carbocycles. The van der Waals surface area contributed by atoms with E-state index in [1.54, 1.807) is 30.4 Å². The van der Waals surface area contributed by atoms with Crippen LogP contribution in [0.1, 0.15) is 18.4 Å². The summed E-state index contributed by atoms with van der Waals surface area (Å²) in [7, 11) is 3.68. The van der Waals surface area contributed by atoms with Gasteiger partial charge in [-0.2, -0.15) is 9.97 Å². The molecule has 6 rings (SSSR count). The van der Waals surface area contributed by atoms with Gasteiger partial charge in [0.05, 0.1) is 12.0 Å². The third-order valence-electron chi connectivity index (χ3n) is 8.50. The molecule has 0 bridgehead atoms. The van der Waals surface area contributed by atoms with Crippen LogP contribution >= 0.6 is 0 Å². The molecule has 224 valence electrons. The first-order valence-corrected chi connectivity index (χ1v) is 14.8. The second-order valence-electron chi connectivity index (χ2n) is 11.2. The highest BCUT2D eigenvalue weighted by Gasteiger charge is 2.27. The smallest absolute Gasteiger partial charge is 0.319 e. The number of aryl methyl sites for hydroxylation is 1. The van der Waals surface area contributed by atoms with E-state index in [2.05, 4.69) is 26.8 Å². The number of likely N-dealkylation sites (tertiary alicyclic amines) is 1. The monoisotopic (exact) mass is 584 g/mol. The van der Waals surface area contributed by atoms with Gasteiger partial charge in [0, 0.05) is 57.2 Å². The Kier molecular flexibility index (Phi) is 8.49. The van der Waals surface area contributed by atoms with Crippen LogP contribution in [0.2, 0.25) is 0 Å². The van der Waals surface area contributed by atoms with Crippen molar-refractivity contribution in [2.45, 2.75) is 25.8 Å². The number of aromatic nitrogens is 3. The van der Waals surface area contributed by atoms with E-state index >= 15 is 4.39 Å². The molecule has 2 fully saturated rings. The van der Waals surface area contributed by atoms with Crippen LogP contribution in [0.15, 0.2) is 54.7 Å². The van der Waals surface area contributed by atoms with Crippen LogP contribution in [0, 0.1) is 12.7 Å². The van der Waals surface area contributed by atoms with Crippen molar-refractivity contribution in [3.63, 3.8) is 0 Å². The van der Waals surface area contributed by atoms with Gasteiger partial charge < -0.3 is 24.2 Å². The Morgan fingerprint density at radius 3 is 2.63 bits per heavy atom. The Morgan fingerprint density at radius 1 is 1.09 bits per heavy atom. The molecule has 2 aromatic carbocycles. The van der Waals surface area contributed by atoms with Gasteiger partial charge in [0.1, 0.15) is 23.6 Å². The lowest BCUT2D eigenvalue weighted by atomic mass is 9.97. The van der Waals surface area contributed by atoms with Crippen molar-refractivity contribution in [1.82, 2.24) is 24.8 Å². The molecule has 0 radical (unpaired) electrons. The summed E-state index contributed by atoms with van der Waals surface area (Å²) < 4.78 is 27.7. The van der Waals surface area contributed by atoms with Gasteiger partial charge in [-0.15, -0.1) is 0 Å². The molecule has 9 nitrogen and oxygen atoms in total. The third-order valence-corrected chi connectivity index (χ3v) is 8.50. The summed E-state index contributed by atoms with van der Waals surface area (Å²) in [4.78, 5) is 32.8. The van der Waals surface area contributed by atoms with Gasteiger partial charge in [0.2, 0.25) is 5.91 Å². The molecule has 0 spiro atoms. The van der Waals surface area contributed by atoms with Crippen molar-refractivity contribution >= 4 is 33.4 Å². The zero-order chi connectivity index (χ0) is 29.9. The van der Waals surface area contributed by atoms with Crippen molar-refractivity contribution in [3.05, 3.63) is 66.1 Å². The number of piperazine rings is 1. The fourth-order valence-electron chi connectivity index (χ4n) is 6.09. The molecule has 0 unspecified atom stereocenters. The van der Waals surface area contributed by atoms with E-state index in [-0.39, 0.29) is 29.2 Å². The van der Waals surface area contributed by atoms with Gasteiger partial charge in [0.25, 0.3) is 0 Å². The number of amides is 1. The second-order valence-corrected chi connectivity index (χ2v) is 11.2. The quantitative estimate of drug-likeness (QED) is 0.278. The molecule has 2 aliphatic heterocycles. The van der Waals surface area contributed by atoms with E-state index in [0.29, 0.717) is 50.6 Å². The van der Waals surface area contributed by atoms with E-state index < -0.39 is 5.82 Å². The Balaban J connectivity index is 1.37. The van der Waals surface area contributed by atoms with Crippen molar-refractivity contribution in [2.24, 2.45) is 0 Å². The number of rotatable bonds is 8. The van der Waals surface area contributed by atoms with Crippen molar-refractivity contribution in [2.75, 3.05) is 65.0 Å². The highest BCUT2D eigenvalue weighted by Crippen LogP contribution is 2.36. The fraction of sp³-hybridized carbons (Fsp3) is 0.394. The number of carbonyl (C=O) groups is 1. The molecule has 0 N–H and O–H groups in total. The van der Waals surface area contributed by atoms with Crippen molar-refractivity contribution in [3.8, 4) is 17.3 Å². The van der Waals surface area contributed by atoms with Crippen LogP contribution < -0.4 is 9.64 Å². The predicted molar refractivity (Wildman–Crippen MR) is 166 cm³/mol. The first-order chi connectivity index (χ1) is 20.9. The molecule has 2 saturated heterocycles. The average molecular weight is 585 g/mol. The number of hydrogen-bond acceptors (Lipinski definition) is 8. The SMILES string of the molecule is COC/C=C/C(=O)N1CCN(c2nc(OC[C@@H]3CCCN3C)nc3c(F)c(-c4cccc5cccc(C)c45)ncc23)CC1. The molecular formula is C33H37FN6O3. The number of pyridine rings is 1. The van der Waals surface area contributed by atoms with Crippen LogP contribution in [0.3, 0.4) is 0 Å². The molecule has 4 aromatic rings. The minimum Gasteiger partial charge on any atom is -0.462 e. The lowest BCUT2D eigenvalue weighted by Gasteiger charge is -2.35. The number of benzene rings is 2. The van der Waals surface area contributed by atoms with Crippen molar-refractivity contribution < 1.29 is 18.7 Å². The zero-order valence-electron chi connectivity index (χ0n) is 24.9. The van der Waals surface area contributed by atoms with Gasteiger partial charge in [0.15, 0.2) is 5.82 Å². The summed E-state index contributed by atoms with van der Waals surface area (Å²) in [6.07, 6.45) is 7.07. The molecule has 0 aliphatic carbocycles.